The number of hydrogen-bond donors (Lipinski definition) is 1. The fraction of sp³-hybridized carbons (Fsp3) is 0.889. The number of sulfonamides is 1. The van der Waals surface area contributed by atoms with E-state index in [1.807, 2.05) is 6.92 Å². The minimum Gasteiger partial charge on any atom is -0.392 e. The average molecular weight is 250 g/mol. The molecule has 1 aliphatic heterocycles. The number of thiocarbonyl (C=S) groups is 1. The van der Waals surface area contributed by atoms with Gasteiger partial charge >= 0.3 is 0 Å². The molecule has 6 heteroatoms. The molecule has 2 unspecified atom stereocenters. The van der Waals surface area contributed by atoms with Crippen molar-refractivity contribution in [1.29, 1.82) is 0 Å². The first-order valence-corrected chi connectivity index (χ1v) is 7.12. The molecule has 0 radical (unpaired) electrons. The van der Waals surface area contributed by atoms with Gasteiger partial charge in [-0.3, -0.25) is 0 Å². The third-order valence-electron chi connectivity index (χ3n) is 2.97. The smallest absolute Gasteiger partial charge is 0.223 e. The van der Waals surface area contributed by atoms with Crippen molar-refractivity contribution >= 4 is 27.2 Å². The SMILES string of the molecule is CCC1CCCN1S(=O)(=O)C(C)C(N)=S. The largest absolute Gasteiger partial charge is 0.392 e. The monoisotopic (exact) mass is 250 g/mol. The van der Waals surface area contributed by atoms with Gasteiger partial charge in [0, 0.05) is 12.6 Å². The van der Waals surface area contributed by atoms with Gasteiger partial charge in [-0.25, -0.2) is 8.42 Å². The summed E-state index contributed by atoms with van der Waals surface area (Å²) < 4.78 is 25.8. The van der Waals surface area contributed by atoms with E-state index in [-0.39, 0.29) is 11.0 Å². The van der Waals surface area contributed by atoms with Crippen molar-refractivity contribution in [2.45, 2.75) is 44.4 Å². The summed E-state index contributed by atoms with van der Waals surface area (Å²) in [6.07, 6.45) is 2.73. The highest BCUT2D eigenvalue weighted by atomic mass is 32.2. The van der Waals surface area contributed by atoms with Crippen molar-refractivity contribution in [3.63, 3.8) is 0 Å². The lowest BCUT2D eigenvalue weighted by molar-refractivity contribution is 0.378. The number of nitrogens with two attached hydrogens (primary N) is 1. The molecule has 0 spiro atoms. The molecule has 0 saturated carbocycles. The summed E-state index contributed by atoms with van der Waals surface area (Å²) in [6.45, 7) is 4.17. The van der Waals surface area contributed by atoms with Gasteiger partial charge in [-0.05, 0) is 26.2 Å². The van der Waals surface area contributed by atoms with Crippen LogP contribution in [0.1, 0.15) is 33.1 Å². The first-order chi connectivity index (χ1) is 6.91. The van der Waals surface area contributed by atoms with Crippen LogP contribution < -0.4 is 5.73 Å². The maximum atomic E-state index is 12.1. The molecule has 0 aliphatic carbocycles. The van der Waals surface area contributed by atoms with Crippen LogP contribution in [0.2, 0.25) is 0 Å². The van der Waals surface area contributed by atoms with Gasteiger partial charge in [0.1, 0.15) is 5.25 Å². The van der Waals surface area contributed by atoms with E-state index in [4.69, 9.17) is 18.0 Å². The van der Waals surface area contributed by atoms with E-state index in [0.717, 1.165) is 19.3 Å². The van der Waals surface area contributed by atoms with E-state index in [2.05, 4.69) is 0 Å². The standard InChI is InChI=1S/C9H18N2O2S2/c1-3-8-5-4-6-11(8)15(12,13)7(2)9(10)14/h7-8H,3-6H2,1-2H3,(H2,10,14). The van der Waals surface area contributed by atoms with Gasteiger partial charge in [0.2, 0.25) is 10.0 Å². The minimum absolute atomic E-state index is 0.0525. The maximum Gasteiger partial charge on any atom is 0.223 e. The van der Waals surface area contributed by atoms with E-state index in [0.29, 0.717) is 6.54 Å². The lowest BCUT2D eigenvalue weighted by Gasteiger charge is -2.26. The first kappa shape index (κ1) is 12.9. The molecule has 1 fully saturated rings. The minimum atomic E-state index is -3.33. The van der Waals surface area contributed by atoms with Crippen LogP contribution in [0, 0.1) is 0 Å². The van der Waals surface area contributed by atoms with Crippen molar-refractivity contribution in [1.82, 2.24) is 4.31 Å². The molecule has 2 N–H and O–H groups in total. The second kappa shape index (κ2) is 4.76. The van der Waals surface area contributed by atoms with Gasteiger partial charge in [0.15, 0.2) is 0 Å². The molecule has 0 aromatic heterocycles. The molecule has 88 valence electrons. The van der Waals surface area contributed by atoms with Crippen LogP contribution >= 0.6 is 12.2 Å². The summed E-state index contributed by atoms with van der Waals surface area (Å²) in [7, 11) is -3.33. The third kappa shape index (κ3) is 2.49. The Hall–Kier alpha value is -0.200. The Balaban J connectivity index is 2.90. The summed E-state index contributed by atoms with van der Waals surface area (Å²) in [5.41, 5.74) is 5.40. The molecule has 0 aromatic carbocycles. The fourth-order valence-electron chi connectivity index (χ4n) is 1.90. The molecule has 4 nitrogen and oxygen atoms in total. The maximum absolute atomic E-state index is 12.1. The molecule has 15 heavy (non-hydrogen) atoms. The van der Waals surface area contributed by atoms with Crippen molar-refractivity contribution in [3.05, 3.63) is 0 Å². The predicted octanol–water partition coefficient (Wildman–Crippen LogP) is 0.865. The van der Waals surface area contributed by atoms with Crippen LogP contribution in [0.25, 0.3) is 0 Å². The molecule has 1 heterocycles. The van der Waals surface area contributed by atoms with Gasteiger partial charge in [-0.15, -0.1) is 0 Å². The van der Waals surface area contributed by atoms with Crippen molar-refractivity contribution in [2.24, 2.45) is 5.73 Å². The van der Waals surface area contributed by atoms with Gasteiger partial charge < -0.3 is 5.73 Å². The van der Waals surface area contributed by atoms with Gasteiger partial charge in [0.05, 0.1) is 4.99 Å². The molecular formula is C9H18N2O2S2. The summed E-state index contributed by atoms with van der Waals surface area (Å²) in [5.74, 6) is 0. The highest BCUT2D eigenvalue weighted by molar-refractivity contribution is 7.92. The molecule has 1 aliphatic rings. The molecule has 0 aromatic rings. The lowest BCUT2D eigenvalue weighted by atomic mass is 10.2. The lowest BCUT2D eigenvalue weighted by Crippen LogP contribution is -2.44. The van der Waals surface area contributed by atoms with Gasteiger partial charge in [-0.1, -0.05) is 19.1 Å². The van der Waals surface area contributed by atoms with Crippen LogP contribution in [0.15, 0.2) is 0 Å². The third-order valence-corrected chi connectivity index (χ3v) is 5.75. The number of nitrogens with zero attached hydrogens (tertiary/aromatic N) is 1. The normalized spacial score (nSPS) is 25.3. The van der Waals surface area contributed by atoms with E-state index in [1.165, 1.54) is 0 Å². The molecule has 1 rings (SSSR count). The number of rotatable bonds is 4. The Labute approximate surface area is 96.9 Å². The Kier molecular flexibility index (Phi) is 4.08. The summed E-state index contributed by atoms with van der Waals surface area (Å²) >= 11 is 4.75. The van der Waals surface area contributed by atoms with E-state index >= 15 is 0 Å². The first-order valence-electron chi connectivity index (χ1n) is 5.21. The van der Waals surface area contributed by atoms with Crippen LogP contribution in [0.5, 0.6) is 0 Å². The second-order valence-corrected chi connectivity index (χ2v) is 6.58. The van der Waals surface area contributed by atoms with E-state index in [9.17, 15) is 8.42 Å². The summed E-state index contributed by atoms with van der Waals surface area (Å²) in [5, 5.41) is -0.750. The summed E-state index contributed by atoms with van der Waals surface area (Å²) in [6, 6.07) is 0.131. The Morgan fingerprint density at radius 1 is 1.67 bits per heavy atom. The molecular weight excluding hydrogens is 232 g/mol. The quantitative estimate of drug-likeness (QED) is 0.752. The molecule has 0 bridgehead atoms. The van der Waals surface area contributed by atoms with Crippen LogP contribution in [-0.4, -0.2) is 35.5 Å². The van der Waals surface area contributed by atoms with Crippen LogP contribution in [0.4, 0.5) is 0 Å². The Bertz CT molecular complexity index is 340. The van der Waals surface area contributed by atoms with Gasteiger partial charge in [-0.2, -0.15) is 4.31 Å². The van der Waals surface area contributed by atoms with Crippen molar-refractivity contribution < 1.29 is 8.42 Å². The number of hydrogen-bond acceptors (Lipinski definition) is 3. The van der Waals surface area contributed by atoms with Crippen LogP contribution in [-0.2, 0) is 10.0 Å². The fourth-order valence-corrected chi connectivity index (χ4v) is 4.02. The highest BCUT2D eigenvalue weighted by Crippen LogP contribution is 2.25. The molecule has 0 amide bonds. The molecule has 1 saturated heterocycles. The van der Waals surface area contributed by atoms with Crippen molar-refractivity contribution in [2.75, 3.05) is 6.54 Å². The van der Waals surface area contributed by atoms with Gasteiger partial charge in [0.25, 0.3) is 0 Å². The molecule has 2 atom stereocenters. The second-order valence-electron chi connectivity index (χ2n) is 3.90. The predicted molar refractivity (Wildman–Crippen MR) is 65.2 cm³/mol. The summed E-state index contributed by atoms with van der Waals surface area (Å²) in [4.78, 5) is 0.0525. The zero-order valence-electron chi connectivity index (χ0n) is 9.14. The zero-order chi connectivity index (χ0) is 11.6. The Morgan fingerprint density at radius 2 is 2.27 bits per heavy atom. The zero-order valence-corrected chi connectivity index (χ0v) is 10.8. The van der Waals surface area contributed by atoms with Crippen molar-refractivity contribution in [3.8, 4) is 0 Å². The topological polar surface area (TPSA) is 63.4 Å². The van der Waals surface area contributed by atoms with E-state index in [1.54, 1.807) is 11.2 Å². The average Bonchev–Trinajstić information content (AvgIpc) is 2.64. The van der Waals surface area contributed by atoms with Crippen LogP contribution in [0.3, 0.4) is 0 Å². The highest BCUT2D eigenvalue weighted by Gasteiger charge is 2.37. The Morgan fingerprint density at radius 3 is 2.73 bits per heavy atom. The van der Waals surface area contributed by atoms with E-state index < -0.39 is 15.3 Å².